The van der Waals surface area contributed by atoms with Gasteiger partial charge >= 0.3 is 6.09 Å². The number of sulfonamides is 1. The van der Waals surface area contributed by atoms with Crippen molar-refractivity contribution < 1.29 is 37.1 Å². The molecule has 3 aliphatic rings. The molecule has 0 spiro atoms. The lowest BCUT2D eigenvalue weighted by Crippen LogP contribution is -2.58. The van der Waals surface area contributed by atoms with Crippen LogP contribution in [0.4, 0.5) is 4.79 Å². The van der Waals surface area contributed by atoms with Gasteiger partial charge in [0.2, 0.25) is 21.8 Å². The first kappa shape index (κ1) is 38.0. The Morgan fingerprint density at radius 1 is 1.00 bits per heavy atom. The Kier molecular flexibility index (Phi) is 10.7. The number of nitrogens with zero attached hydrogens (tertiary/aromatic N) is 1. The van der Waals surface area contributed by atoms with E-state index in [1.165, 1.54) is 18.1 Å². The number of methoxy groups -OCH3 is 1. The minimum Gasteiger partial charge on any atom is -0.444 e. The van der Waals surface area contributed by atoms with Crippen LogP contribution in [-0.2, 0) is 39.5 Å². The van der Waals surface area contributed by atoms with Crippen LogP contribution in [0.2, 0.25) is 0 Å². The number of alkyl carbamates (subject to hydrolysis) is 1. The van der Waals surface area contributed by atoms with Gasteiger partial charge in [-0.15, -0.1) is 6.58 Å². The highest BCUT2D eigenvalue weighted by atomic mass is 32.2. The number of rotatable bonds is 13. The van der Waals surface area contributed by atoms with Crippen LogP contribution in [0.15, 0.2) is 67.3 Å². The number of likely N-dealkylation sites (tertiary alicyclic amines) is 1. The van der Waals surface area contributed by atoms with Gasteiger partial charge in [0, 0.05) is 19.4 Å². The summed E-state index contributed by atoms with van der Waals surface area (Å²) >= 11 is 0. The lowest BCUT2D eigenvalue weighted by Gasteiger charge is -2.32. The molecule has 3 fully saturated rings. The van der Waals surface area contributed by atoms with E-state index in [-0.39, 0.29) is 31.7 Å². The molecule has 51 heavy (non-hydrogen) atoms. The lowest BCUT2D eigenvalue weighted by atomic mass is 9.89. The smallest absolute Gasteiger partial charge is 0.408 e. The van der Waals surface area contributed by atoms with Crippen molar-refractivity contribution in [3.05, 3.63) is 72.8 Å². The molecular weight excluding hydrogens is 673 g/mol. The first-order chi connectivity index (χ1) is 23.9. The van der Waals surface area contributed by atoms with Crippen LogP contribution in [0, 0.1) is 11.8 Å². The molecule has 276 valence electrons. The monoisotopic (exact) mass is 722 g/mol. The van der Waals surface area contributed by atoms with Crippen LogP contribution in [0.5, 0.6) is 0 Å². The average Bonchev–Trinajstić information content (AvgIpc) is 4.00. The lowest BCUT2D eigenvalue weighted by molar-refractivity contribution is -0.141. The molecule has 4 amide bonds. The molecule has 0 bridgehead atoms. The van der Waals surface area contributed by atoms with Crippen molar-refractivity contribution in [3.8, 4) is 11.1 Å². The summed E-state index contributed by atoms with van der Waals surface area (Å²) in [5, 5.41) is 4.91. The predicted octanol–water partition coefficient (Wildman–Crippen LogP) is 4.40. The molecule has 1 aliphatic heterocycles. The van der Waals surface area contributed by atoms with Crippen molar-refractivity contribution in [2.24, 2.45) is 11.8 Å². The molecule has 2 aliphatic carbocycles. The summed E-state index contributed by atoms with van der Waals surface area (Å²) in [6.07, 6.45) is 2.12. The van der Waals surface area contributed by atoms with Crippen LogP contribution in [-0.4, -0.2) is 79.3 Å². The molecule has 1 heterocycles. The summed E-state index contributed by atoms with van der Waals surface area (Å²) in [4.78, 5) is 56.7. The zero-order valence-electron chi connectivity index (χ0n) is 30.2. The van der Waals surface area contributed by atoms with Gasteiger partial charge in [-0.3, -0.25) is 19.1 Å². The zero-order chi connectivity index (χ0) is 37.4. The van der Waals surface area contributed by atoms with Gasteiger partial charge in [0.05, 0.1) is 11.8 Å². The van der Waals surface area contributed by atoms with E-state index in [0.717, 1.165) is 16.7 Å². The van der Waals surface area contributed by atoms with Crippen LogP contribution >= 0.6 is 0 Å². The number of ether oxygens (including phenoxy) is 2. The van der Waals surface area contributed by atoms with Crippen molar-refractivity contribution in [1.82, 2.24) is 20.3 Å². The third-order valence-electron chi connectivity index (χ3n) is 9.76. The van der Waals surface area contributed by atoms with E-state index >= 15 is 0 Å². The summed E-state index contributed by atoms with van der Waals surface area (Å²) < 4.78 is 39.2. The molecule has 2 saturated carbocycles. The maximum atomic E-state index is 14.5. The van der Waals surface area contributed by atoms with E-state index in [0.29, 0.717) is 12.8 Å². The Morgan fingerprint density at radius 2 is 1.63 bits per heavy atom. The topological polar surface area (TPSA) is 160 Å². The molecule has 0 radical (unpaired) electrons. The highest BCUT2D eigenvalue weighted by molar-refractivity contribution is 7.91. The summed E-state index contributed by atoms with van der Waals surface area (Å²) in [5.41, 5.74) is -0.755. The fourth-order valence-electron chi connectivity index (χ4n) is 6.77. The van der Waals surface area contributed by atoms with E-state index in [1.54, 1.807) is 20.8 Å². The Bertz CT molecular complexity index is 1750. The van der Waals surface area contributed by atoms with Crippen LogP contribution in [0.25, 0.3) is 11.1 Å². The Labute approximate surface area is 300 Å². The normalized spacial score (nSPS) is 25.1. The second-order valence-electron chi connectivity index (χ2n) is 15.3. The van der Waals surface area contributed by atoms with Gasteiger partial charge < -0.3 is 25.0 Å². The van der Waals surface area contributed by atoms with Gasteiger partial charge in [0.1, 0.15) is 28.8 Å². The minimum atomic E-state index is -3.89. The number of benzene rings is 2. The molecule has 5 rings (SSSR count). The Balaban J connectivity index is 1.48. The van der Waals surface area contributed by atoms with Crippen molar-refractivity contribution >= 4 is 33.8 Å². The minimum absolute atomic E-state index is 0.0123. The van der Waals surface area contributed by atoms with E-state index in [9.17, 15) is 27.6 Å². The Hall–Kier alpha value is -4.23. The highest BCUT2D eigenvalue weighted by Crippen LogP contribution is 2.46. The SMILES string of the molecule is C=C[C@@H]1CC1(NC(=O)[C@@H]1CC(OC)(c2ccc(-c3ccccc3)cc2)CN1C(=O)[C@H](CC(C)C)NC(=O)OC(C)(C)C)C(=O)NS(=O)(=O)C1CC1. The van der Waals surface area contributed by atoms with Gasteiger partial charge in [0.15, 0.2) is 0 Å². The average molecular weight is 723 g/mol. The van der Waals surface area contributed by atoms with Crippen molar-refractivity contribution in [2.75, 3.05) is 13.7 Å². The molecule has 13 heteroatoms. The molecule has 0 aromatic heterocycles. The predicted molar refractivity (Wildman–Crippen MR) is 193 cm³/mol. The van der Waals surface area contributed by atoms with Crippen molar-refractivity contribution in [3.63, 3.8) is 0 Å². The number of nitrogens with one attached hydrogen (secondary N) is 3. The molecular formula is C38H50N4O8S. The zero-order valence-corrected chi connectivity index (χ0v) is 31.0. The number of hydrogen-bond donors (Lipinski definition) is 3. The van der Waals surface area contributed by atoms with E-state index in [4.69, 9.17) is 9.47 Å². The largest absolute Gasteiger partial charge is 0.444 e. The van der Waals surface area contributed by atoms with Crippen molar-refractivity contribution in [2.45, 2.75) is 101 Å². The number of amides is 4. The summed E-state index contributed by atoms with van der Waals surface area (Å²) in [6.45, 7) is 12.7. The molecule has 1 saturated heterocycles. The van der Waals surface area contributed by atoms with Crippen molar-refractivity contribution in [1.29, 1.82) is 0 Å². The van der Waals surface area contributed by atoms with Gasteiger partial charge in [-0.25, -0.2) is 13.2 Å². The second kappa shape index (κ2) is 14.4. The van der Waals surface area contributed by atoms with Gasteiger partial charge in [0.25, 0.3) is 5.91 Å². The van der Waals surface area contributed by atoms with E-state index < -0.39 is 73.8 Å². The van der Waals surface area contributed by atoms with E-state index in [1.807, 2.05) is 68.4 Å². The third-order valence-corrected chi connectivity index (χ3v) is 11.6. The second-order valence-corrected chi connectivity index (χ2v) is 17.3. The fourth-order valence-corrected chi connectivity index (χ4v) is 8.14. The van der Waals surface area contributed by atoms with Gasteiger partial charge in [-0.05, 0) is 69.1 Å². The van der Waals surface area contributed by atoms with Crippen LogP contribution < -0.4 is 15.4 Å². The van der Waals surface area contributed by atoms with Crippen LogP contribution in [0.3, 0.4) is 0 Å². The molecule has 12 nitrogen and oxygen atoms in total. The number of carbonyl (C=O) groups excluding carboxylic acids is 4. The number of carbonyl (C=O) groups is 4. The first-order valence-corrected chi connectivity index (χ1v) is 19.0. The molecule has 5 atom stereocenters. The maximum Gasteiger partial charge on any atom is 0.408 e. The van der Waals surface area contributed by atoms with Gasteiger partial charge in [-0.1, -0.05) is 74.5 Å². The Morgan fingerprint density at radius 3 is 2.16 bits per heavy atom. The van der Waals surface area contributed by atoms with E-state index in [2.05, 4.69) is 21.9 Å². The standard InChI is InChI=1S/C38H50N4O8S/c1-8-27-21-38(27,34(45)41-51(47,48)29-18-19-29)40-32(43)31-22-37(49-7,28-16-14-26(15-17-28)25-12-10-9-11-13-25)23-42(31)33(44)30(20-24(2)3)39-35(46)50-36(4,5)6/h8-17,24,27,29-31H,1,18-23H2,2-7H3,(H,39,46)(H,40,43)(H,41,45)/t27-,30+,31+,37?,38?/m1/s1. The molecule has 2 aromatic carbocycles. The highest BCUT2D eigenvalue weighted by Gasteiger charge is 2.62. The summed E-state index contributed by atoms with van der Waals surface area (Å²) in [6, 6.07) is 15.4. The molecule has 2 unspecified atom stereocenters. The fraction of sp³-hybridized carbons (Fsp3) is 0.526. The molecule has 3 N–H and O–H groups in total. The third kappa shape index (κ3) is 8.47. The summed E-state index contributed by atoms with van der Waals surface area (Å²) in [5.74, 6) is -2.52. The first-order valence-electron chi connectivity index (χ1n) is 17.5. The van der Waals surface area contributed by atoms with Crippen LogP contribution in [0.1, 0.15) is 72.3 Å². The maximum absolute atomic E-state index is 14.5. The summed E-state index contributed by atoms with van der Waals surface area (Å²) in [7, 11) is -2.37. The number of hydrogen-bond acceptors (Lipinski definition) is 8. The molecule has 2 aromatic rings. The van der Waals surface area contributed by atoms with Gasteiger partial charge in [-0.2, -0.15) is 0 Å². The quantitative estimate of drug-likeness (QED) is 0.257.